The molecule has 2 rings (SSSR count). The van der Waals surface area contributed by atoms with Crippen LogP contribution >= 0.6 is 0 Å². The highest BCUT2D eigenvalue weighted by atomic mass is 19.4. The number of halogens is 3. The van der Waals surface area contributed by atoms with Crippen molar-refractivity contribution in [1.29, 1.82) is 0 Å². The van der Waals surface area contributed by atoms with E-state index >= 15 is 0 Å². The molecule has 0 atom stereocenters. The summed E-state index contributed by atoms with van der Waals surface area (Å²) in [5.74, 6) is -5.21. The van der Waals surface area contributed by atoms with Crippen LogP contribution in [0.2, 0.25) is 0 Å². The second-order valence-corrected chi connectivity index (χ2v) is 5.61. The fourth-order valence-corrected chi connectivity index (χ4v) is 2.46. The van der Waals surface area contributed by atoms with E-state index < -0.39 is 46.6 Å². The van der Waals surface area contributed by atoms with Crippen molar-refractivity contribution in [2.24, 2.45) is 5.92 Å². The van der Waals surface area contributed by atoms with Crippen molar-refractivity contribution in [3.8, 4) is 11.1 Å². The van der Waals surface area contributed by atoms with Crippen molar-refractivity contribution >= 4 is 17.6 Å². The largest absolute Gasteiger partial charge is 0.481 e. The molecule has 0 aliphatic rings. The standard InChI is InChI=1S/C17H12F3NO6/c18-17(19,20)12-4-1-9(2-5-12)10-3-6-14(21(26)27)11(7-10)8-13(15(22)23)16(24)25/h1-7,13H,8H2,(H,22,23)(H,24,25). The number of hydrogen-bond acceptors (Lipinski definition) is 4. The second kappa shape index (κ2) is 7.44. The van der Waals surface area contributed by atoms with Crippen molar-refractivity contribution in [3.05, 3.63) is 63.7 Å². The monoisotopic (exact) mass is 383 g/mol. The number of nitrogens with zero attached hydrogens (tertiary/aromatic N) is 1. The average Bonchev–Trinajstić information content (AvgIpc) is 2.58. The lowest BCUT2D eigenvalue weighted by molar-refractivity contribution is -0.385. The third-order valence-electron chi connectivity index (χ3n) is 3.84. The first-order chi connectivity index (χ1) is 12.5. The smallest absolute Gasteiger partial charge is 0.416 e. The molecule has 2 aromatic carbocycles. The predicted octanol–water partition coefficient (Wildman–Crippen LogP) is 3.61. The van der Waals surface area contributed by atoms with Gasteiger partial charge in [0, 0.05) is 18.1 Å². The van der Waals surface area contributed by atoms with Gasteiger partial charge in [0.15, 0.2) is 5.92 Å². The molecule has 142 valence electrons. The number of aliphatic carboxylic acids is 2. The molecule has 0 bridgehead atoms. The Morgan fingerprint density at radius 3 is 1.96 bits per heavy atom. The normalized spacial score (nSPS) is 11.4. The van der Waals surface area contributed by atoms with E-state index in [0.717, 1.165) is 18.2 Å². The molecule has 2 aromatic rings. The van der Waals surface area contributed by atoms with Gasteiger partial charge in [-0.15, -0.1) is 0 Å². The molecule has 0 unspecified atom stereocenters. The van der Waals surface area contributed by atoms with Crippen LogP contribution in [-0.4, -0.2) is 27.1 Å². The van der Waals surface area contributed by atoms with Gasteiger partial charge in [0.25, 0.3) is 5.69 Å². The number of carboxylic acids is 2. The van der Waals surface area contributed by atoms with E-state index in [2.05, 4.69) is 0 Å². The molecule has 2 N–H and O–H groups in total. The van der Waals surface area contributed by atoms with Crippen LogP contribution in [0.3, 0.4) is 0 Å². The number of alkyl halides is 3. The zero-order valence-electron chi connectivity index (χ0n) is 13.4. The van der Waals surface area contributed by atoms with Gasteiger partial charge >= 0.3 is 18.1 Å². The lowest BCUT2D eigenvalue weighted by Gasteiger charge is -2.11. The molecule has 0 aliphatic carbocycles. The summed E-state index contributed by atoms with van der Waals surface area (Å²) in [4.78, 5) is 32.5. The molecule has 10 heteroatoms. The molecule has 7 nitrogen and oxygen atoms in total. The number of benzene rings is 2. The number of nitro benzene ring substituents is 1. The Labute approximate surface area is 149 Å². The third-order valence-corrected chi connectivity index (χ3v) is 3.84. The topological polar surface area (TPSA) is 118 Å². The van der Waals surface area contributed by atoms with Crippen LogP contribution < -0.4 is 0 Å². The van der Waals surface area contributed by atoms with Crippen molar-refractivity contribution in [3.63, 3.8) is 0 Å². The van der Waals surface area contributed by atoms with Gasteiger partial charge in [-0.3, -0.25) is 19.7 Å². The Hall–Kier alpha value is -3.43. The molecule has 27 heavy (non-hydrogen) atoms. The maximum Gasteiger partial charge on any atom is 0.416 e. The van der Waals surface area contributed by atoms with Crippen LogP contribution in [0.4, 0.5) is 18.9 Å². The van der Waals surface area contributed by atoms with Gasteiger partial charge < -0.3 is 10.2 Å². The Morgan fingerprint density at radius 2 is 1.52 bits per heavy atom. The second-order valence-electron chi connectivity index (χ2n) is 5.61. The Kier molecular flexibility index (Phi) is 5.48. The minimum Gasteiger partial charge on any atom is -0.481 e. The molecule has 0 aromatic heterocycles. The van der Waals surface area contributed by atoms with Crippen molar-refractivity contribution < 1.29 is 37.9 Å². The van der Waals surface area contributed by atoms with Crippen LogP contribution in [0.15, 0.2) is 42.5 Å². The molecule has 0 aliphatic heterocycles. The lowest BCUT2D eigenvalue weighted by Crippen LogP contribution is -2.25. The summed E-state index contributed by atoms with van der Waals surface area (Å²) in [6.45, 7) is 0. The Morgan fingerprint density at radius 1 is 1.00 bits per heavy atom. The summed E-state index contributed by atoms with van der Waals surface area (Å²) in [6, 6.07) is 7.57. The van der Waals surface area contributed by atoms with Crippen molar-refractivity contribution in [1.82, 2.24) is 0 Å². The first kappa shape index (κ1) is 19.9. The molecular formula is C17H12F3NO6. The number of nitro groups is 1. The van der Waals surface area contributed by atoms with Crippen LogP contribution in [0, 0.1) is 16.0 Å². The number of carbonyl (C=O) groups is 2. The van der Waals surface area contributed by atoms with E-state index in [0.29, 0.717) is 11.1 Å². The predicted molar refractivity (Wildman–Crippen MR) is 86.0 cm³/mol. The highest BCUT2D eigenvalue weighted by Crippen LogP contribution is 2.32. The molecule has 0 radical (unpaired) electrons. The van der Waals surface area contributed by atoms with Gasteiger partial charge in [-0.1, -0.05) is 12.1 Å². The molecular weight excluding hydrogens is 371 g/mol. The summed E-state index contributed by atoms with van der Waals surface area (Å²) in [5.41, 5.74) is -0.893. The summed E-state index contributed by atoms with van der Waals surface area (Å²) in [6.07, 6.45) is -5.16. The van der Waals surface area contributed by atoms with Gasteiger partial charge in [0.2, 0.25) is 0 Å². The van der Waals surface area contributed by atoms with Gasteiger partial charge in [-0.05, 0) is 35.4 Å². The Balaban J connectivity index is 2.47. The van der Waals surface area contributed by atoms with E-state index in [1.807, 2.05) is 0 Å². The van der Waals surface area contributed by atoms with E-state index in [-0.39, 0.29) is 5.56 Å². The number of rotatable bonds is 6. The molecule has 0 amide bonds. The molecule has 0 fully saturated rings. The fourth-order valence-electron chi connectivity index (χ4n) is 2.46. The quantitative estimate of drug-likeness (QED) is 0.447. The zero-order valence-corrected chi connectivity index (χ0v) is 13.4. The summed E-state index contributed by atoms with van der Waals surface area (Å²) < 4.78 is 37.9. The summed E-state index contributed by atoms with van der Waals surface area (Å²) in [5, 5.41) is 29.1. The van der Waals surface area contributed by atoms with Crippen LogP contribution in [-0.2, 0) is 22.2 Å². The van der Waals surface area contributed by atoms with E-state index in [1.54, 1.807) is 0 Å². The molecule has 0 heterocycles. The summed E-state index contributed by atoms with van der Waals surface area (Å²) in [7, 11) is 0. The molecule has 0 spiro atoms. The number of carboxylic acid groups (broad SMARTS) is 2. The first-order valence-corrected chi connectivity index (χ1v) is 7.41. The third kappa shape index (κ3) is 4.60. The zero-order chi connectivity index (χ0) is 20.4. The van der Waals surface area contributed by atoms with Gasteiger partial charge in [-0.2, -0.15) is 13.2 Å². The van der Waals surface area contributed by atoms with Gasteiger partial charge in [0.1, 0.15) is 0 Å². The lowest BCUT2D eigenvalue weighted by atomic mass is 9.94. The van der Waals surface area contributed by atoms with Crippen LogP contribution in [0.25, 0.3) is 11.1 Å². The maximum atomic E-state index is 12.6. The summed E-state index contributed by atoms with van der Waals surface area (Å²) >= 11 is 0. The SMILES string of the molecule is O=C(O)C(Cc1cc(-c2ccc(C(F)(F)F)cc2)ccc1[N+](=O)[O-])C(=O)O. The van der Waals surface area contributed by atoms with Crippen LogP contribution in [0.5, 0.6) is 0 Å². The van der Waals surface area contributed by atoms with E-state index in [4.69, 9.17) is 10.2 Å². The first-order valence-electron chi connectivity index (χ1n) is 7.41. The number of hydrogen-bond donors (Lipinski definition) is 2. The molecule has 0 saturated heterocycles. The fraction of sp³-hybridized carbons (Fsp3) is 0.176. The van der Waals surface area contributed by atoms with Crippen molar-refractivity contribution in [2.75, 3.05) is 0 Å². The van der Waals surface area contributed by atoms with Crippen LogP contribution in [0.1, 0.15) is 11.1 Å². The van der Waals surface area contributed by atoms with Gasteiger partial charge in [0.05, 0.1) is 10.5 Å². The van der Waals surface area contributed by atoms with E-state index in [9.17, 15) is 32.9 Å². The average molecular weight is 383 g/mol. The highest BCUT2D eigenvalue weighted by molar-refractivity contribution is 5.93. The molecule has 0 saturated carbocycles. The van der Waals surface area contributed by atoms with E-state index in [1.165, 1.54) is 24.3 Å². The minimum atomic E-state index is -4.52. The highest BCUT2D eigenvalue weighted by Gasteiger charge is 2.31. The maximum absolute atomic E-state index is 12.6. The Bertz CT molecular complexity index is 879. The minimum absolute atomic E-state index is 0.146. The van der Waals surface area contributed by atoms with Gasteiger partial charge in [-0.25, -0.2) is 0 Å². The van der Waals surface area contributed by atoms with Crippen molar-refractivity contribution in [2.45, 2.75) is 12.6 Å².